The average Bonchev–Trinajstić information content (AvgIpc) is 2.59. The molecule has 2 amide bonds. The lowest BCUT2D eigenvalue weighted by Gasteiger charge is -2.20. The Morgan fingerprint density at radius 3 is 2.50 bits per heavy atom. The van der Waals surface area contributed by atoms with Crippen molar-refractivity contribution in [1.82, 2.24) is 5.32 Å². The average molecular weight is 362 g/mol. The molecule has 0 fully saturated rings. The van der Waals surface area contributed by atoms with Crippen molar-refractivity contribution in [3.63, 3.8) is 0 Å². The topological polar surface area (TPSA) is 67.4 Å². The van der Waals surface area contributed by atoms with Gasteiger partial charge >= 0.3 is 6.61 Å². The molecule has 2 aromatic rings. The monoisotopic (exact) mass is 362 g/mol. The summed E-state index contributed by atoms with van der Waals surface area (Å²) in [6.45, 7) is 0.260. The zero-order chi connectivity index (χ0) is 19.1. The van der Waals surface area contributed by atoms with Crippen LogP contribution in [0.15, 0.2) is 48.5 Å². The Kier molecular flexibility index (Phi) is 6.66. The van der Waals surface area contributed by atoms with Crippen molar-refractivity contribution in [3.05, 3.63) is 59.7 Å². The smallest absolute Gasteiger partial charge is 0.387 e. The molecular weight excluding hydrogens is 342 g/mol. The number of benzene rings is 2. The fourth-order valence-corrected chi connectivity index (χ4v) is 2.55. The summed E-state index contributed by atoms with van der Waals surface area (Å²) in [6, 6.07) is 12.3. The molecular formula is C19H20F2N2O3. The molecule has 2 rings (SSSR count). The number of para-hydroxylation sites is 1. The molecule has 26 heavy (non-hydrogen) atoms. The Morgan fingerprint density at radius 2 is 1.85 bits per heavy atom. The van der Waals surface area contributed by atoms with Crippen LogP contribution in [0.1, 0.15) is 42.2 Å². The summed E-state index contributed by atoms with van der Waals surface area (Å²) in [5.41, 5.74) is 1.32. The first kappa shape index (κ1) is 19.4. The molecule has 0 aliphatic carbocycles. The minimum absolute atomic E-state index is 0.0293. The van der Waals surface area contributed by atoms with E-state index in [2.05, 4.69) is 15.4 Å². The van der Waals surface area contributed by atoms with Crippen LogP contribution in [0.25, 0.3) is 0 Å². The second kappa shape index (κ2) is 8.94. The molecule has 0 heterocycles. The van der Waals surface area contributed by atoms with Gasteiger partial charge in [-0.1, -0.05) is 31.2 Å². The molecule has 1 atom stereocenters. The molecule has 0 aliphatic rings. The zero-order valence-corrected chi connectivity index (χ0v) is 14.5. The number of nitrogens with one attached hydrogen (secondary N) is 2. The first-order valence-corrected chi connectivity index (χ1v) is 8.13. The van der Waals surface area contributed by atoms with Gasteiger partial charge < -0.3 is 15.4 Å². The minimum atomic E-state index is -2.95. The molecule has 7 heteroatoms. The summed E-state index contributed by atoms with van der Waals surface area (Å²) in [6.07, 6.45) is 0.487. The third-order valence-corrected chi connectivity index (χ3v) is 3.67. The van der Waals surface area contributed by atoms with Gasteiger partial charge in [0.1, 0.15) is 5.75 Å². The summed E-state index contributed by atoms with van der Waals surface area (Å²) in [5, 5.41) is 5.42. The van der Waals surface area contributed by atoms with Crippen molar-refractivity contribution in [2.45, 2.75) is 32.9 Å². The third-order valence-electron chi connectivity index (χ3n) is 3.67. The Balaban J connectivity index is 2.20. The van der Waals surface area contributed by atoms with E-state index < -0.39 is 12.7 Å². The van der Waals surface area contributed by atoms with E-state index in [9.17, 15) is 18.4 Å². The fraction of sp³-hybridized carbons (Fsp3) is 0.263. The lowest BCUT2D eigenvalue weighted by molar-refractivity contribution is -0.114. The van der Waals surface area contributed by atoms with E-state index in [-0.39, 0.29) is 17.6 Å². The van der Waals surface area contributed by atoms with E-state index in [1.54, 1.807) is 42.5 Å². The van der Waals surface area contributed by atoms with E-state index in [1.807, 2.05) is 6.92 Å². The molecule has 0 unspecified atom stereocenters. The lowest BCUT2D eigenvalue weighted by Crippen LogP contribution is -2.28. The van der Waals surface area contributed by atoms with Crippen LogP contribution in [0.4, 0.5) is 14.5 Å². The van der Waals surface area contributed by atoms with E-state index >= 15 is 0 Å². The van der Waals surface area contributed by atoms with E-state index in [4.69, 9.17) is 0 Å². The number of carbonyl (C=O) groups is 2. The number of amides is 2. The maximum absolute atomic E-state index is 12.6. The van der Waals surface area contributed by atoms with Crippen LogP contribution in [0.3, 0.4) is 0 Å². The fourth-order valence-electron chi connectivity index (χ4n) is 2.55. The van der Waals surface area contributed by atoms with Crippen LogP contribution in [0, 0.1) is 0 Å². The Morgan fingerprint density at radius 1 is 1.12 bits per heavy atom. The van der Waals surface area contributed by atoms with Crippen LogP contribution in [0.5, 0.6) is 5.75 Å². The van der Waals surface area contributed by atoms with Crippen LogP contribution in [-0.4, -0.2) is 18.4 Å². The van der Waals surface area contributed by atoms with Crippen molar-refractivity contribution >= 4 is 17.5 Å². The van der Waals surface area contributed by atoms with Crippen LogP contribution >= 0.6 is 0 Å². The zero-order valence-electron chi connectivity index (χ0n) is 14.5. The number of rotatable bonds is 7. The normalized spacial score (nSPS) is 11.7. The molecule has 0 saturated heterocycles. The van der Waals surface area contributed by atoms with Gasteiger partial charge in [-0.15, -0.1) is 0 Å². The van der Waals surface area contributed by atoms with E-state index in [1.165, 1.54) is 13.0 Å². The Hall–Kier alpha value is -2.96. The van der Waals surface area contributed by atoms with Gasteiger partial charge in [0.2, 0.25) is 5.91 Å². The molecule has 0 aliphatic heterocycles. The number of carbonyl (C=O) groups excluding carboxylic acids is 2. The minimum Gasteiger partial charge on any atom is -0.434 e. The summed E-state index contributed by atoms with van der Waals surface area (Å²) < 4.78 is 29.7. The number of anilines is 1. The van der Waals surface area contributed by atoms with Gasteiger partial charge in [-0.25, -0.2) is 0 Å². The molecule has 2 aromatic carbocycles. The highest BCUT2D eigenvalue weighted by molar-refractivity contribution is 5.97. The summed E-state index contributed by atoms with van der Waals surface area (Å²) in [5.74, 6) is -0.593. The van der Waals surface area contributed by atoms with Crippen molar-refractivity contribution in [3.8, 4) is 5.75 Å². The van der Waals surface area contributed by atoms with Gasteiger partial charge in [-0.2, -0.15) is 8.78 Å². The Labute approximate surface area is 150 Å². The molecule has 0 aromatic heterocycles. The van der Waals surface area contributed by atoms with Crippen molar-refractivity contribution < 1.29 is 23.1 Å². The van der Waals surface area contributed by atoms with Crippen molar-refractivity contribution in [2.75, 3.05) is 5.32 Å². The molecule has 138 valence electrons. The van der Waals surface area contributed by atoms with Crippen molar-refractivity contribution in [1.29, 1.82) is 0 Å². The maximum atomic E-state index is 12.6. The maximum Gasteiger partial charge on any atom is 0.387 e. The number of ether oxygens (including phenoxy) is 1. The highest BCUT2D eigenvalue weighted by Gasteiger charge is 2.19. The van der Waals surface area contributed by atoms with Crippen LogP contribution < -0.4 is 15.4 Å². The SMILES string of the molecule is CC[C@@H](NC(=O)c1cccc(NC(C)=O)c1)c1ccccc1OC(F)F. The second-order valence-electron chi connectivity index (χ2n) is 5.61. The number of hydrogen-bond acceptors (Lipinski definition) is 3. The molecule has 0 spiro atoms. The number of alkyl halides is 2. The van der Waals surface area contributed by atoms with Crippen LogP contribution in [-0.2, 0) is 4.79 Å². The summed E-state index contributed by atoms with van der Waals surface area (Å²) in [4.78, 5) is 23.7. The first-order valence-electron chi connectivity index (χ1n) is 8.13. The second-order valence-corrected chi connectivity index (χ2v) is 5.61. The van der Waals surface area contributed by atoms with E-state index in [0.717, 1.165) is 0 Å². The first-order chi connectivity index (χ1) is 12.4. The molecule has 5 nitrogen and oxygen atoms in total. The lowest BCUT2D eigenvalue weighted by atomic mass is 10.0. The third kappa shape index (κ3) is 5.27. The number of halogens is 2. The van der Waals surface area contributed by atoms with Gasteiger partial charge in [0.05, 0.1) is 6.04 Å². The molecule has 0 radical (unpaired) electrons. The highest BCUT2D eigenvalue weighted by Crippen LogP contribution is 2.28. The van der Waals surface area contributed by atoms with Gasteiger partial charge in [-0.3, -0.25) is 9.59 Å². The van der Waals surface area contributed by atoms with Crippen molar-refractivity contribution in [2.24, 2.45) is 0 Å². The highest BCUT2D eigenvalue weighted by atomic mass is 19.3. The van der Waals surface area contributed by atoms with Gasteiger partial charge in [-0.05, 0) is 30.7 Å². The Bertz CT molecular complexity index is 781. The number of hydrogen-bond donors (Lipinski definition) is 2. The van der Waals surface area contributed by atoms with E-state index in [0.29, 0.717) is 23.2 Å². The van der Waals surface area contributed by atoms with Gasteiger partial charge in [0.15, 0.2) is 0 Å². The molecule has 0 saturated carbocycles. The predicted octanol–water partition coefficient (Wildman–Crippen LogP) is 4.13. The summed E-state index contributed by atoms with van der Waals surface area (Å²) in [7, 11) is 0. The van der Waals surface area contributed by atoms with Crippen LogP contribution in [0.2, 0.25) is 0 Å². The molecule has 0 bridgehead atoms. The summed E-state index contributed by atoms with van der Waals surface area (Å²) >= 11 is 0. The standard InChI is InChI=1S/C19H20F2N2O3/c1-3-16(15-9-4-5-10-17(15)26-19(20)21)23-18(25)13-7-6-8-14(11-13)22-12(2)24/h4-11,16,19H,3H2,1-2H3,(H,22,24)(H,23,25)/t16-/m1/s1. The predicted molar refractivity (Wildman–Crippen MR) is 94.3 cm³/mol. The van der Waals surface area contributed by atoms with Gasteiger partial charge in [0.25, 0.3) is 5.91 Å². The quantitative estimate of drug-likeness (QED) is 0.778. The molecule has 2 N–H and O–H groups in total. The largest absolute Gasteiger partial charge is 0.434 e. The van der Waals surface area contributed by atoms with Gasteiger partial charge in [0, 0.05) is 23.7 Å².